The minimum absolute atomic E-state index is 0.00916. The van der Waals surface area contributed by atoms with Gasteiger partial charge in [-0.1, -0.05) is 59.6 Å². The van der Waals surface area contributed by atoms with Crippen molar-refractivity contribution in [2.75, 3.05) is 10.7 Å². The molecule has 0 bridgehead atoms. The van der Waals surface area contributed by atoms with Gasteiger partial charge in [-0.3, -0.25) is 9.48 Å². The quantitative estimate of drug-likeness (QED) is 0.537. The molecular weight excluding hydrogens is 436 g/mol. The van der Waals surface area contributed by atoms with Crippen molar-refractivity contribution in [2.45, 2.75) is 24.9 Å². The summed E-state index contributed by atoms with van der Waals surface area (Å²) in [7, 11) is 0. The van der Waals surface area contributed by atoms with Crippen LogP contribution in [0.3, 0.4) is 0 Å². The summed E-state index contributed by atoms with van der Waals surface area (Å²) in [5.41, 5.74) is 3.35. The van der Waals surface area contributed by atoms with Gasteiger partial charge in [0, 0.05) is 23.0 Å². The number of aromatic nitrogens is 2. The Morgan fingerprint density at radius 1 is 1.17 bits per heavy atom. The van der Waals surface area contributed by atoms with E-state index in [2.05, 4.69) is 41.2 Å². The van der Waals surface area contributed by atoms with E-state index in [0.29, 0.717) is 28.3 Å². The number of anilines is 1. The molecule has 2 aromatic carbocycles. The second kappa shape index (κ2) is 7.72. The Morgan fingerprint density at radius 2 is 1.93 bits per heavy atom. The van der Waals surface area contributed by atoms with Gasteiger partial charge in [0.2, 0.25) is 0 Å². The largest absolute Gasteiger partial charge is 0.319 e. The summed E-state index contributed by atoms with van der Waals surface area (Å²) in [5, 5.41) is 5.86. The smallest absolute Gasteiger partial charge is 0.258 e. The van der Waals surface area contributed by atoms with Crippen molar-refractivity contribution < 1.29 is 4.79 Å². The maximum Gasteiger partial charge on any atom is 0.258 e. The van der Waals surface area contributed by atoms with Gasteiger partial charge in [-0.2, -0.15) is 5.10 Å². The molecule has 0 saturated carbocycles. The van der Waals surface area contributed by atoms with Crippen molar-refractivity contribution in [1.29, 1.82) is 0 Å². The van der Waals surface area contributed by atoms with E-state index in [1.54, 1.807) is 21.3 Å². The van der Waals surface area contributed by atoms with E-state index >= 15 is 0 Å². The molecule has 2 aliphatic heterocycles. The molecule has 5 rings (SSSR count). The Balaban J connectivity index is 1.39. The molecule has 1 aromatic heterocycles. The SMILES string of the molecule is Cc1ccc(C2SCC3C(=O)N(c4ccn(Cc5ccccc5Cl)n4)C(=S)N32)cc1. The van der Waals surface area contributed by atoms with E-state index in [9.17, 15) is 4.79 Å². The minimum atomic E-state index is -0.248. The molecule has 2 aliphatic rings. The van der Waals surface area contributed by atoms with Gasteiger partial charge in [0.25, 0.3) is 5.91 Å². The summed E-state index contributed by atoms with van der Waals surface area (Å²) < 4.78 is 1.78. The monoisotopic (exact) mass is 454 g/mol. The van der Waals surface area contributed by atoms with Crippen molar-refractivity contribution in [3.8, 4) is 0 Å². The molecule has 30 heavy (non-hydrogen) atoms. The number of carbonyl (C=O) groups is 1. The fourth-order valence-corrected chi connectivity index (χ4v) is 5.95. The molecule has 2 atom stereocenters. The summed E-state index contributed by atoms with van der Waals surface area (Å²) >= 11 is 13.8. The number of fused-ring (bicyclic) bond motifs is 1. The summed E-state index contributed by atoms with van der Waals surface area (Å²) in [6, 6.07) is 17.7. The molecule has 2 fully saturated rings. The van der Waals surface area contributed by atoms with Crippen molar-refractivity contribution >= 4 is 52.4 Å². The maximum absolute atomic E-state index is 13.2. The number of thiocarbonyl (C=S) groups is 1. The fraction of sp³-hybridized carbons (Fsp3) is 0.227. The summed E-state index contributed by atoms with van der Waals surface area (Å²) in [5.74, 6) is 1.26. The lowest BCUT2D eigenvalue weighted by molar-refractivity contribution is -0.119. The Bertz CT molecular complexity index is 1130. The van der Waals surface area contributed by atoms with Gasteiger partial charge >= 0.3 is 0 Å². The molecule has 0 aliphatic carbocycles. The Labute approximate surface area is 189 Å². The summed E-state index contributed by atoms with van der Waals surface area (Å²) in [6.07, 6.45) is 1.85. The van der Waals surface area contributed by atoms with E-state index in [1.807, 2.05) is 36.5 Å². The second-order valence-corrected chi connectivity index (χ2v) is 9.32. The maximum atomic E-state index is 13.2. The van der Waals surface area contributed by atoms with Crippen molar-refractivity contribution in [3.05, 3.63) is 82.5 Å². The van der Waals surface area contributed by atoms with E-state index < -0.39 is 0 Å². The number of aryl methyl sites for hydroxylation is 1. The number of nitrogens with zero attached hydrogens (tertiary/aromatic N) is 4. The number of halogens is 1. The highest BCUT2D eigenvalue weighted by Gasteiger charge is 2.51. The molecule has 1 amide bonds. The molecule has 3 heterocycles. The van der Waals surface area contributed by atoms with Crippen molar-refractivity contribution in [2.24, 2.45) is 0 Å². The van der Waals surface area contributed by atoms with Gasteiger partial charge < -0.3 is 4.90 Å². The third-order valence-electron chi connectivity index (χ3n) is 5.43. The van der Waals surface area contributed by atoms with Crippen LogP contribution in [0.15, 0.2) is 60.8 Å². The van der Waals surface area contributed by atoms with Gasteiger partial charge in [0.1, 0.15) is 11.4 Å². The Kier molecular flexibility index (Phi) is 5.05. The zero-order chi connectivity index (χ0) is 20.8. The van der Waals surface area contributed by atoms with Crippen LogP contribution < -0.4 is 4.90 Å². The van der Waals surface area contributed by atoms with Crippen LogP contribution in [-0.4, -0.2) is 37.5 Å². The zero-order valence-corrected chi connectivity index (χ0v) is 18.6. The van der Waals surface area contributed by atoms with E-state index in [0.717, 1.165) is 11.1 Å². The summed E-state index contributed by atoms with van der Waals surface area (Å²) in [4.78, 5) is 16.8. The van der Waals surface area contributed by atoms with E-state index in [4.69, 9.17) is 23.8 Å². The first-order chi connectivity index (χ1) is 14.5. The van der Waals surface area contributed by atoms with Gasteiger partial charge in [-0.25, -0.2) is 4.90 Å². The number of hydrogen-bond donors (Lipinski definition) is 0. The van der Waals surface area contributed by atoms with Crippen LogP contribution in [0.5, 0.6) is 0 Å². The fourth-order valence-electron chi connectivity index (χ4n) is 3.85. The molecule has 0 radical (unpaired) electrons. The number of rotatable bonds is 4. The minimum Gasteiger partial charge on any atom is -0.319 e. The Morgan fingerprint density at radius 3 is 2.70 bits per heavy atom. The van der Waals surface area contributed by atoms with Crippen LogP contribution in [0.4, 0.5) is 5.82 Å². The van der Waals surface area contributed by atoms with Gasteiger partial charge in [-0.15, -0.1) is 11.8 Å². The van der Waals surface area contributed by atoms with Gasteiger partial charge in [0.15, 0.2) is 10.9 Å². The molecule has 2 saturated heterocycles. The third-order valence-corrected chi connectivity index (χ3v) is 7.51. The first-order valence-electron chi connectivity index (χ1n) is 9.64. The average molecular weight is 455 g/mol. The first kappa shape index (κ1) is 19.6. The molecule has 8 heteroatoms. The van der Waals surface area contributed by atoms with Crippen LogP contribution in [0, 0.1) is 6.92 Å². The number of thioether (sulfide) groups is 1. The predicted molar refractivity (Wildman–Crippen MR) is 125 cm³/mol. The normalized spacial score (nSPS) is 20.9. The lowest BCUT2D eigenvalue weighted by Gasteiger charge is -2.25. The number of amides is 1. The third kappa shape index (κ3) is 3.31. The summed E-state index contributed by atoms with van der Waals surface area (Å²) in [6.45, 7) is 2.60. The molecular formula is C22H19ClN4OS2. The molecule has 5 nitrogen and oxygen atoms in total. The average Bonchev–Trinajstić information content (AvgIpc) is 3.42. The first-order valence-corrected chi connectivity index (χ1v) is 11.5. The van der Waals surface area contributed by atoms with Crippen LogP contribution in [-0.2, 0) is 11.3 Å². The topological polar surface area (TPSA) is 41.4 Å². The number of hydrogen-bond acceptors (Lipinski definition) is 4. The van der Waals surface area contributed by atoms with E-state index in [1.165, 1.54) is 5.56 Å². The van der Waals surface area contributed by atoms with Crippen molar-refractivity contribution in [1.82, 2.24) is 14.7 Å². The van der Waals surface area contributed by atoms with Gasteiger partial charge in [0.05, 0.1) is 6.54 Å². The highest BCUT2D eigenvalue weighted by Crippen LogP contribution is 2.46. The lowest BCUT2D eigenvalue weighted by Crippen LogP contribution is -2.34. The zero-order valence-electron chi connectivity index (χ0n) is 16.2. The predicted octanol–water partition coefficient (Wildman–Crippen LogP) is 4.64. The van der Waals surface area contributed by atoms with Crippen LogP contribution in [0.25, 0.3) is 0 Å². The van der Waals surface area contributed by atoms with Crippen LogP contribution >= 0.6 is 35.6 Å². The lowest BCUT2D eigenvalue weighted by atomic mass is 10.1. The standard InChI is InChI=1S/C22H19ClN4OS2/c1-14-6-8-15(9-7-14)21-26-18(13-30-21)20(28)27(22(26)29)19-10-11-25(24-19)12-16-4-2-3-5-17(16)23/h2-11,18,21H,12-13H2,1H3. The van der Waals surface area contributed by atoms with Crippen molar-refractivity contribution in [3.63, 3.8) is 0 Å². The molecule has 0 N–H and O–H groups in total. The highest BCUT2D eigenvalue weighted by atomic mass is 35.5. The number of carbonyl (C=O) groups excluding carboxylic acids is 1. The molecule has 152 valence electrons. The van der Waals surface area contributed by atoms with E-state index in [-0.39, 0.29) is 17.3 Å². The number of benzene rings is 2. The molecule has 2 unspecified atom stereocenters. The Hall–Kier alpha value is -2.35. The highest BCUT2D eigenvalue weighted by molar-refractivity contribution is 7.99. The molecule has 0 spiro atoms. The van der Waals surface area contributed by atoms with Crippen LogP contribution in [0.2, 0.25) is 5.02 Å². The second-order valence-electron chi connectivity index (χ2n) is 7.44. The molecule has 3 aromatic rings. The van der Waals surface area contributed by atoms with Crippen LogP contribution in [0.1, 0.15) is 22.1 Å². The van der Waals surface area contributed by atoms with Gasteiger partial charge in [-0.05, 0) is 36.3 Å².